The number of benzene rings is 1. The number of pyridine rings is 1. The first-order valence-corrected chi connectivity index (χ1v) is 7.33. The standard InChI is InChI=1S/C16H16BrNO2/c17-14-8-6-12(7-9-14)15(4-1-5-16(19)20)13-3-2-10-18-11-13/h2-3,6-11,15H,1,4-5H2,(H,19,20). The number of carbonyl (C=O) groups is 1. The number of nitrogens with zero attached hydrogens (tertiary/aromatic N) is 1. The molecule has 0 aliphatic heterocycles. The third-order valence-corrected chi connectivity index (χ3v) is 3.77. The maximum Gasteiger partial charge on any atom is 0.303 e. The molecule has 0 saturated carbocycles. The average Bonchev–Trinajstić information content (AvgIpc) is 2.46. The molecule has 20 heavy (non-hydrogen) atoms. The molecule has 1 atom stereocenters. The fourth-order valence-corrected chi connectivity index (χ4v) is 2.52. The number of carboxylic acid groups (broad SMARTS) is 1. The van der Waals surface area contributed by atoms with Crippen molar-refractivity contribution in [2.75, 3.05) is 0 Å². The Morgan fingerprint density at radius 3 is 2.55 bits per heavy atom. The molecule has 1 N–H and O–H groups in total. The van der Waals surface area contributed by atoms with Crippen LogP contribution in [0.3, 0.4) is 0 Å². The van der Waals surface area contributed by atoms with Crippen LogP contribution in [0, 0.1) is 0 Å². The van der Waals surface area contributed by atoms with Crippen LogP contribution in [-0.2, 0) is 4.79 Å². The van der Waals surface area contributed by atoms with Crippen molar-refractivity contribution in [3.05, 3.63) is 64.4 Å². The number of rotatable bonds is 6. The number of hydrogen-bond donors (Lipinski definition) is 1. The van der Waals surface area contributed by atoms with E-state index in [-0.39, 0.29) is 12.3 Å². The number of aliphatic carboxylic acids is 1. The third kappa shape index (κ3) is 4.17. The highest BCUT2D eigenvalue weighted by Gasteiger charge is 2.14. The Morgan fingerprint density at radius 1 is 1.20 bits per heavy atom. The number of halogens is 1. The zero-order valence-electron chi connectivity index (χ0n) is 11.0. The van der Waals surface area contributed by atoms with Crippen molar-refractivity contribution in [1.29, 1.82) is 0 Å². The molecule has 0 fully saturated rings. The monoisotopic (exact) mass is 333 g/mol. The molecule has 2 rings (SSSR count). The molecule has 3 nitrogen and oxygen atoms in total. The Kier molecular flexibility index (Phi) is 5.30. The minimum Gasteiger partial charge on any atom is -0.481 e. The molecule has 0 saturated heterocycles. The lowest BCUT2D eigenvalue weighted by Crippen LogP contribution is -2.03. The molecule has 1 heterocycles. The molecule has 1 aromatic carbocycles. The van der Waals surface area contributed by atoms with E-state index < -0.39 is 5.97 Å². The minimum absolute atomic E-state index is 0.191. The zero-order valence-corrected chi connectivity index (χ0v) is 12.6. The number of hydrogen-bond acceptors (Lipinski definition) is 2. The topological polar surface area (TPSA) is 50.2 Å². The molecule has 0 bridgehead atoms. The van der Waals surface area contributed by atoms with Gasteiger partial charge in [0.2, 0.25) is 0 Å². The summed E-state index contributed by atoms with van der Waals surface area (Å²) in [6.07, 6.45) is 5.27. The van der Waals surface area contributed by atoms with Crippen molar-refractivity contribution in [2.45, 2.75) is 25.2 Å². The van der Waals surface area contributed by atoms with Gasteiger partial charge in [-0.3, -0.25) is 9.78 Å². The van der Waals surface area contributed by atoms with Crippen LogP contribution in [0.2, 0.25) is 0 Å². The summed E-state index contributed by atoms with van der Waals surface area (Å²) in [5.74, 6) is -0.554. The van der Waals surface area contributed by atoms with Crippen LogP contribution in [0.4, 0.5) is 0 Å². The van der Waals surface area contributed by atoms with E-state index in [1.54, 1.807) is 6.20 Å². The summed E-state index contributed by atoms with van der Waals surface area (Å²) < 4.78 is 1.04. The summed E-state index contributed by atoms with van der Waals surface area (Å²) in [6, 6.07) is 12.1. The normalized spacial score (nSPS) is 12.1. The summed E-state index contributed by atoms with van der Waals surface area (Å²) in [5, 5.41) is 8.79. The minimum atomic E-state index is -0.745. The molecule has 2 aromatic rings. The first-order chi connectivity index (χ1) is 9.66. The molecule has 4 heteroatoms. The Labute approximate surface area is 126 Å². The van der Waals surface area contributed by atoms with Crippen molar-refractivity contribution in [3.8, 4) is 0 Å². The van der Waals surface area contributed by atoms with E-state index in [0.717, 1.165) is 16.5 Å². The van der Waals surface area contributed by atoms with E-state index in [1.807, 2.05) is 30.5 Å². The van der Waals surface area contributed by atoms with Crippen molar-refractivity contribution in [1.82, 2.24) is 4.98 Å². The Balaban J connectivity index is 2.20. The second-order valence-corrected chi connectivity index (χ2v) is 5.59. The molecule has 0 amide bonds. The van der Waals surface area contributed by atoms with Crippen LogP contribution < -0.4 is 0 Å². The van der Waals surface area contributed by atoms with Crippen LogP contribution in [0.25, 0.3) is 0 Å². The second-order valence-electron chi connectivity index (χ2n) is 4.68. The van der Waals surface area contributed by atoms with Gasteiger partial charge in [0, 0.05) is 29.2 Å². The lowest BCUT2D eigenvalue weighted by molar-refractivity contribution is -0.137. The third-order valence-electron chi connectivity index (χ3n) is 3.24. The molecule has 1 unspecified atom stereocenters. The largest absolute Gasteiger partial charge is 0.481 e. The molecule has 104 valence electrons. The van der Waals surface area contributed by atoms with E-state index in [9.17, 15) is 4.79 Å². The highest BCUT2D eigenvalue weighted by atomic mass is 79.9. The maximum absolute atomic E-state index is 10.7. The van der Waals surface area contributed by atoms with Crippen LogP contribution in [0.1, 0.15) is 36.3 Å². The van der Waals surface area contributed by atoms with Crippen molar-refractivity contribution in [2.24, 2.45) is 0 Å². The second kappa shape index (κ2) is 7.20. The van der Waals surface area contributed by atoms with Gasteiger partial charge in [-0.25, -0.2) is 0 Å². The predicted molar refractivity (Wildman–Crippen MR) is 81.7 cm³/mol. The smallest absolute Gasteiger partial charge is 0.303 e. The van der Waals surface area contributed by atoms with Crippen molar-refractivity contribution in [3.63, 3.8) is 0 Å². The average molecular weight is 334 g/mol. The van der Waals surface area contributed by atoms with Gasteiger partial charge in [0.15, 0.2) is 0 Å². The summed E-state index contributed by atoms with van der Waals surface area (Å²) in [5.41, 5.74) is 2.31. The van der Waals surface area contributed by atoms with E-state index in [2.05, 4.69) is 33.0 Å². The fraction of sp³-hybridized carbons (Fsp3) is 0.250. The van der Waals surface area contributed by atoms with E-state index in [4.69, 9.17) is 5.11 Å². The highest BCUT2D eigenvalue weighted by molar-refractivity contribution is 9.10. The van der Waals surface area contributed by atoms with Crippen LogP contribution >= 0.6 is 15.9 Å². The number of aromatic nitrogens is 1. The molecule has 1 aromatic heterocycles. The quantitative estimate of drug-likeness (QED) is 0.860. The van der Waals surface area contributed by atoms with Gasteiger partial charge < -0.3 is 5.11 Å². The van der Waals surface area contributed by atoms with Gasteiger partial charge in [-0.1, -0.05) is 34.1 Å². The van der Waals surface area contributed by atoms with Crippen molar-refractivity contribution < 1.29 is 9.90 Å². The predicted octanol–water partition coefficient (Wildman–Crippen LogP) is 4.23. The first kappa shape index (κ1) is 14.7. The molecule has 0 radical (unpaired) electrons. The van der Waals surface area contributed by atoms with Gasteiger partial charge in [-0.05, 0) is 42.2 Å². The van der Waals surface area contributed by atoms with Gasteiger partial charge in [-0.15, -0.1) is 0 Å². The van der Waals surface area contributed by atoms with Gasteiger partial charge in [-0.2, -0.15) is 0 Å². The Hall–Kier alpha value is -1.68. The molecular weight excluding hydrogens is 318 g/mol. The fourth-order valence-electron chi connectivity index (χ4n) is 2.26. The summed E-state index contributed by atoms with van der Waals surface area (Å²) in [6.45, 7) is 0. The molecular formula is C16H16BrNO2. The van der Waals surface area contributed by atoms with Gasteiger partial charge in [0.05, 0.1) is 0 Å². The Bertz CT molecular complexity index is 554. The summed E-state index contributed by atoms with van der Waals surface area (Å²) in [4.78, 5) is 14.8. The number of carboxylic acids is 1. The summed E-state index contributed by atoms with van der Waals surface area (Å²) >= 11 is 3.43. The molecule has 0 spiro atoms. The van der Waals surface area contributed by atoms with Crippen molar-refractivity contribution >= 4 is 21.9 Å². The molecule has 0 aliphatic carbocycles. The SMILES string of the molecule is O=C(O)CCCC(c1ccc(Br)cc1)c1cccnc1. The van der Waals surface area contributed by atoms with Gasteiger partial charge in [0.1, 0.15) is 0 Å². The Morgan fingerprint density at radius 2 is 1.95 bits per heavy atom. The van der Waals surface area contributed by atoms with E-state index in [0.29, 0.717) is 6.42 Å². The van der Waals surface area contributed by atoms with Gasteiger partial charge in [0.25, 0.3) is 0 Å². The maximum atomic E-state index is 10.7. The van der Waals surface area contributed by atoms with Crippen LogP contribution in [0.15, 0.2) is 53.3 Å². The zero-order chi connectivity index (χ0) is 14.4. The lowest BCUT2D eigenvalue weighted by Gasteiger charge is -2.17. The highest BCUT2D eigenvalue weighted by Crippen LogP contribution is 2.30. The van der Waals surface area contributed by atoms with E-state index in [1.165, 1.54) is 5.56 Å². The first-order valence-electron chi connectivity index (χ1n) is 6.54. The van der Waals surface area contributed by atoms with Crippen LogP contribution in [-0.4, -0.2) is 16.1 Å². The lowest BCUT2D eigenvalue weighted by atomic mass is 9.88. The van der Waals surface area contributed by atoms with Crippen LogP contribution in [0.5, 0.6) is 0 Å². The molecule has 0 aliphatic rings. The van der Waals surface area contributed by atoms with Gasteiger partial charge >= 0.3 is 5.97 Å². The summed E-state index contributed by atoms with van der Waals surface area (Å²) in [7, 11) is 0. The van der Waals surface area contributed by atoms with E-state index >= 15 is 0 Å².